The van der Waals surface area contributed by atoms with E-state index < -0.39 is 0 Å². The third kappa shape index (κ3) is 5.55. The standard InChI is InChI=1S/C12H17BrClN/c1-15(9-3-2-8-13)10-11-4-6-12(14)7-5-11/h4-7H,2-3,8-10H2,1H3. The van der Waals surface area contributed by atoms with Gasteiger partial charge < -0.3 is 4.90 Å². The van der Waals surface area contributed by atoms with Gasteiger partial charge in [-0.1, -0.05) is 39.7 Å². The lowest BCUT2D eigenvalue weighted by Gasteiger charge is -2.16. The highest BCUT2D eigenvalue weighted by Crippen LogP contribution is 2.11. The summed E-state index contributed by atoms with van der Waals surface area (Å²) in [6, 6.07) is 8.07. The second-order valence-electron chi connectivity index (χ2n) is 3.76. The zero-order valence-corrected chi connectivity index (χ0v) is 11.4. The third-order valence-electron chi connectivity index (χ3n) is 2.29. The fourth-order valence-electron chi connectivity index (χ4n) is 1.46. The number of benzene rings is 1. The van der Waals surface area contributed by atoms with Gasteiger partial charge in [0.05, 0.1) is 0 Å². The summed E-state index contributed by atoms with van der Waals surface area (Å²) in [5, 5.41) is 1.91. The van der Waals surface area contributed by atoms with Crippen molar-refractivity contribution in [1.82, 2.24) is 4.90 Å². The van der Waals surface area contributed by atoms with Crippen molar-refractivity contribution in [2.75, 3.05) is 18.9 Å². The number of halogens is 2. The molecule has 0 aliphatic rings. The van der Waals surface area contributed by atoms with Gasteiger partial charge in [-0.25, -0.2) is 0 Å². The van der Waals surface area contributed by atoms with E-state index in [1.165, 1.54) is 18.4 Å². The highest BCUT2D eigenvalue weighted by molar-refractivity contribution is 9.09. The molecule has 0 spiro atoms. The molecule has 0 heterocycles. The molecule has 84 valence electrons. The van der Waals surface area contributed by atoms with Gasteiger partial charge in [0.25, 0.3) is 0 Å². The summed E-state index contributed by atoms with van der Waals surface area (Å²) < 4.78 is 0. The fraction of sp³-hybridized carbons (Fsp3) is 0.500. The minimum Gasteiger partial charge on any atom is -0.302 e. The van der Waals surface area contributed by atoms with E-state index in [-0.39, 0.29) is 0 Å². The predicted molar refractivity (Wildman–Crippen MR) is 70.8 cm³/mol. The van der Waals surface area contributed by atoms with E-state index in [0.717, 1.165) is 23.4 Å². The van der Waals surface area contributed by atoms with Gasteiger partial charge in [-0.15, -0.1) is 0 Å². The summed E-state index contributed by atoms with van der Waals surface area (Å²) in [5.74, 6) is 0. The van der Waals surface area contributed by atoms with Crippen LogP contribution in [-0.4, -0.2) is 23.8 Å². The molecule has 3 heteroatoms. The molecule has 0 atom stereocenters. The van der Waals surface area contributed by atoms with E-state index in [9.17, 15) is 0 Å². The number of nitrogens with zero attached hydrogens (tertiary/aromatic N) is 1. The molecular weight excluding hydrogens is 273 g/mol. The molecule has 0 amide bonds. The van der Waals surface area contributed by atoms with Crippen molar-refractivity contribution < 1.29 is 0 Å². The molecule has 1 aromatic carbocycles. The van der Waals surface area contributed by atoms with Gasteiger partial charge in [0.2, 0.25) is 0 Å². The van der Waals surface area contributed by atoms with E-state index in [1.54, 1.807) is 0 Å². The van der Waals surface area contributed by atoms with Crippen molar-refractivity contribution in [3.63, 3.8) is 0 Å². The molecule has 0 saturated carbocycles. The summed E-state index contributed by atoms with van der Waals surface area (Å²) in [4.78, 5) is 2.34. The topological polar surface area (TPSA) is 3.24 Å². The van der Waals surface area contributed by atoms with Crippen LogP contribution in [0.1, 0.15) is 18.4 Å². The van der Waals surface area contributed by atoms with Crippen LogP contribution in [0.5, 0.6) is 0 Å². The maximum atomic E-state index is 5.83. The maximum absolute atomic E-state index is 5.83. The Labute approximate surface area is 106 Å². The lowest BCUT2D eigenvalue weighted by atomic mass is 10.2. The van der Waals surface area contributed by atoms with Crippen LogP contribution >= 0.6 is 27.5 Å². The van der Waals surface area contributed by atoms with Gasteiger partial charge in [-0.3, -0.25) is 0 Å². The zero-order chi connectivity index (χ0) is 11.1. The molecule has 0 unspecified atom stereocenters. The quantitative estimate of drug-likeness (QED) is 0.566. The van der Waals surface area contributed by atoms with Crippen LogP contribution in [0, 0.1) is 0 Å². The van der Waals surface area contributed by atoms with Gasteiger partial charge in [0.15, 0.2) is 0 Å². The Morgan fingerprint density at radius 1 is 1.20 bits per heavy atom. The Balaban J connectivity index is 2.31. The normalized spacial score (nSPS) is 10.9. The summed E-state index contributed by atoms with van der Waals surface area (Å²) in [6.07, 6.45) is 2.49. The average Bonchev–Trinajstić information content (AvgIpc) is 2.22. The summed E-state index contributed by atoms with van der Waals surface area (Å²) in [5.41, 5.74) is 1.32. The number of unbranched alkanes of at least 4 members (excludes halogenated alkanes) is 1. The third-order valence-corrected chi connectivity index (χ3v) is 3.10. The van der Waals surface area contributed by atoms with Crippen molar-refractivity contribution >= 4 is 27.5 Å². The number of alkyl halides is 1. The second kappa shape index (κ2) is 7.26. The molecule has 1 rings (SSSR count). The van der Waals surface area contributed by atoms with Crippen LogP contribution < -0.4 is 0 Å². The van der Waals surface area contributed by atoms with Crippen molar-refractivity contribution in [2.45, 2.75) is 19.4 Å². The van der Waals surface area contributed by atoms with Crippen molar-refractivity contribution in [1.29, 1.82) is 0 Å². The Bertz CT molecular complexity index is 273. The SMILES string of the molecule is CN(CCCCBr)Cc1ccc(Cl)cc1. The van der Waals surface area contributed by atoms with Crippen molar-refractivity contribution in [2.24, 2.45) is 0 Å². The van der Waals surface area contributed by atoms with Crippen LogP contribution in [0.2, 0.25) is 5.02 Å². The molecule has 0 saturated heterocycles. The van der Waals surface area contributed by atoms with Crippen LogP contribution in [0.25, 0.3) is 0 Å². The van der Waals surface area contributed by atoms with Crippen LogP contribution in [0.4, 0.5) is 0 Å². The van der Waals surface area contributed by atoms with Crippen LogP contribution in [0.15, 0.2) is 24.3 Å². The monoisotopic (exact) mass is 289 g/mol. The molecule has 0 aliphatic carbocycles. The van der Waals surface area contributed by atoms with Crippen LogP contribution in [0.3, 0.4) is 0 Å². The maximum Gasteiger partial charge on any atom is 0.0406 e. The Hall–Kier alpha value is -0.0500. The molecule has 1 aromatic rings. The first kappa shape index (κ1) is 13.0. The summed E-state index contributed by atoms with van der Waals surface area (Å²) in [6.45, 7) is 2.15. The lowest BCUT2D eigenvalue weighted by molar-refractivity contribution is 0.321. The van der Waals surface area contributed by atoms with Crippen LogP contribution in [-0.2, 0) is 6.54 Å². The van der Waals surface area contributed by atoms with E-state index in [1.807, 2.05) is 12.1 Å². The molecule has 0 fully saturated rings. The average molecular weight is 291 g/mol. The van der Waals surface area contributed by atoms with Gasteiger partial charge in [0.1, 0.15) is 0 Å². The van der Waals surface area contributed by atoms with Gasteiger partial charge in [-0.2, -0.15) is 0 Å². The molecular formula is C12H17BrClN. The number of rotatable bonds is 6. The molecule has 0 bridgehead atoms. The Kier molecular flexibility index (Phi) is 6.30. The zero-order valence-electron chi connectivity index (χ0n) is 9.05. The van der Waals surface area contributed by atoms with E-state index in [2.05, 4.69) is 40.0 Å². The van der Waals surface area contributed by atoms with Crippen molar-refractivity contribution in [3.8, 4) is 0 Å². The summed E-state index contributed by atoms with van der Waals surface area (Å²) >= 11 is 9.27. The first-order valence-electron chi connectivity index (χ1n) is 5.21. The van der Waals surface area contributed by atoms with E-state index >= 15 is 0 Å². The molecule has 0 aliphatic heterocycles. The predicted octanol–water partition coefficient (Wildman–Crippen LogP) is 3.95. The first-order valence-corrected chi connectivity index (χ1v) is 6.71. The van der Waals surface area contributed by atoms with E-state index in [0.29, 0.717) is 0 Å². The fourth-order valence-corrected chi connectivity index (χ4v) is 1.98. The van der Waals surface area contributed by atoms with Gasteiger partial charge in [-0.05, 0) is 44.1 Å². The highest BCUT2D eigenvalue weighted by atomic mass is 79.9. The molecule has 1 nitrogen and oxygen atoms in total. The largest absolute Gasteiger partial charge is 0.302 e. The minimum absolute atomic E-state index is 0.806. The molecule has 0 aromatic heterocycles. The number of hydrogen-bond acceptors (Lipinski definition) is 1. The van der Waals surface area contributed by atoms with Crippen molar-refractivity contribution in [3.05, 3.63) is 34.9 Å². The lowest BCUT2D eigenvalue weighted by Crippen LogP contribution is -2.19. The molecule has 0 N–H and O–H groups in total. The highest BCUT2D eigenvalue weighted by Gasteiger charge is 1.99. The molecule has 0 radical (unpaired) electrons. The smallest absolute Gasteiger partial charge is 0.0406 e. The van der Waals surface area contributed by atoms with Gasteiger partial charge in [0, 0.05) is 16.9 Å². The number of hydrogen-bond donors (Lipinski definition) is 0. The Morgan fingerprint density at radius 3 is 2.47 bits per heavy atom. The first-order chi connectivity index (χ1) is 7.22. The Morgan fingerprint density at radius 2 is 1.87 bits per heavy atom. The van der Waals surface area contributed by atoms with E-state index in [4.69, 9.17) is 11.6 Å². The van der Waals surface area contributed by atoms with Gasteiger partial charge >= 0.3 is 0 Å². The minimum atomic E-state index is 0.806. The summed E-state index contributed by atoms with van der Waals surface area (Å²) in [7, 11) is 2.16. The second-order valence-corrected chi connectivity index (χ2v) is 4.99. The molecule has 15 heavy (non-hydrogen) atoms.